The summed E-state index contributed by atoms with van der Waals surface area (Å²) in [6, 6.07) is 17.5. The lowest BCUT2D eigenvalue weighted by molar-refractivity contribution is 0.192. The second-order valence-electron chi connectivity index (χ2n) is 4.51. The normalized spacial score (nSPS) is 15.0. The molecule has 21 heavy (non-hydrogen) atoms. The first-order chi connectivity index (χ1) is 10.0. The van der Waals surface area contributed by atoms with Crippen molar-refractivity contribution >= 4 is 27.5 Å². The van der Waals surface area contributed by atoms with Crippen LogP contribution in [0.1, 0.15) is 17.2 Å². The molecule has 2 atom stereocenters. The van der Waals surface area contributed by atoms with Gasteiger partial charge in [0.1, 0.15) is 6.10 Å². The third-order valence-electron chi connectivity index (χ3n) is 2.95. The summed E-state index contributed by atoms with van der Waals surface area (Å²) >= 11 is 5.93. The second kappa shape index (κ2) is 6.89. The van der Waals surface area contributed by atoms with E-state index in [1.54, 1.807) is 42.5 Å². The van der Waals surface area contributed by atoms with Crippen LogP contribution < -0.4 is 0 Å². The average Bonchev–Trinajstić information content (AvgIpc) is 2.53. The number of alkyl halides is 1. The summed E-state index contributed by atoms with van der Waals surface area (Å²) in [6.07, 6.45) is 0.181. The second-order valence-corrected chi connectivity index (χ2v) is 7.20. The maximum atomic E-state index is 12.1. The summed E-state index contributed by atoms with van der Waals surface area (Å²) in [6.45, 7) is 0. The van der Waals surface area contributed by atoms with Gasteiger partial charge in [-0.3, -0.25) is 0 Å². The molecule has 0 aromatic heterocycles. The molecule has 2 rings (SSSR count). The molecule has 0 heterocycles. The van der Waals surface area contributed by atoms with Gasteiger partial charge in [0.25, 0.3) is 0 Å². The van der Waals surface area contributed by atoms with Crippen LogP contribution in [0.25, 0.3) is 6.08 Å². The minimum absolute atomic E-state index is 0.467. The fourth-order valence-corrected chi connectivity index (χ4v) is 3.13. The van der Waals surface area contributed by atoms with Crippen molar-refractivity contribution in [3.63, 3.8) is 0 Å². The highest BCUT2D eigenvalue weighted by Crippen LogP contribution is 2.26. The van der Waals surface area contributed by atoms with E-state index in [-0.39, 0.29) is 0 Å². The van der Waals surface area contributed by atoms with E-state index >= 15 is 0 Å². The molecular weight excluding hydrogens is 308 g/mol. The molecule has 0 saturated heterocycles. The lowest BCUT2D eigenvalue weighted by Gasteiger charge is -2.15. The maximum absolute atomic E-state index is 12.1. The first-order valence-corrected chi connectivity index (χ1v) is 8.39. The Kier molecular flexibility index (Phi) is 5.17. The van der Waals surface area contributed by atoms with Crippen LogP contribution in [-0.2, 0) is 9.84 Å². The van der Waals surface area contributed by atoms with Crippen molar-refractivity contribution < 1.29 is 13.5 Å². The molecule has 2 aromatic rings. The number of aliphatic hydroxyl groups is 1. The van der Waals surface area contributed by atoms with E-state index in [0.717, 1.165) is 11.0 Å². The standard InChI is InChI=1S/C16H15ClO3S/c17-16(15(18)14-9-5-2-6-10-14)21(19,20)12-11-13-7-3-1-4-8-13/h1-12,15-16,18H/b12-11+. The fourth-order valence-electron chi connectivity index (χ4n) is 1.79. The molecule has 1 N–H and O–H groups in total. The molecule has 2 unspecified atom stereocenters. The van der Waals surface area contributed by atoms with Gasteiger partial charge in [-0.25, -0.2) is 8.42 Å². The van der Waals surface area contributed by atoms with Gasteiger partial charge >= 0.3 is 0 Å². The van der Waals surface area contributed by atoms with Crippen LogP contribution in [0.4, 0.5) is 0 Å². The van der Waals surface area contributed by atoms with Gasteiger partial charge in [-0.1, -0.05) is 60.7 Å². The van der Waals surface area contributed by atoms with Crippen molar-refractivity contribution in [2.45, 2.75) is 10.8 Å². The van der Waals surface area contributed by atoms with E-state index in [9.17, 15) is 13.5 Å². The Hall–Kier alpha value is -1.62. The van der Waals surface area contributed by atoms with Gasteiger partial charge in [-0.15, -0.1) is 11.6 Å². The molecular formula is C16H15ClO3S. The van der Waals surface area contributed by atoms with Crippen molar-refractivity contribution in [2.75, 3.05) is 0 Å². The van der Waals surface area contributed by atoms with Crippen LogP contribution >= 0.6 is 11.6 Å². The molecule has 0 fully saturated rings. The zero-order valence-electron chi connectivity index (χ0n) is 11.1. The zero-order valence-corrected chi connectivity index (χ0v) is 12.7. The highest BCUT2D eigenvalue weighted by atomic mass is 35.5. The number of hydrogen-bond acceptors (Lipinski definition) is 3. The molecule has 2 aromatic carbocycles. The summed E-state index contributed by atoms with van der Waals surface area (Å²) in [7, 11) is -3.77. The molecule has 0 aliphatic heterocycles. The molecule has 0 saturated carbocycles. The Labute approximate surface area is 129 Å². The molecule has 110 valence electrons. The Morgan fingerprint density at radius 1 is 0.952 bits per heavy atom. The summed E-state index contributed by atoms with van der Waals surface area (Å²) in [5.41, 5.74) is 1.22. The highest BCUT2D eigenvalue weighted by Gasteiger charge is 2.29. The number of benzene rings is 2. The van der Waals surface area contributed by atoms with Crippen LogP contribution in [0, 0.1) is 0 Å². The van der Waals surface area contributed by atoms with Crippen LogP contribution in [0.5, 0.6) is 0 Å². The first-order valence-electron chi connectivity index (χ1n) is 6.35. The molecule has 0 bridgehead atoms. The Bertz CT molecular complexity index is 697. The SMILES string of the molecule is O=S(=O)(/C=C/c1ccccc1)C(Cl)C(O)c1ccccc1. The van der Waals surface area contributed by atoms with Gasteiger partial charge in [-0.2, -0.15) is 0 Å². The summed E-state index contributed by atoms with van der Waals surface area (Å²) < 4.78 is 22.8. The monoisotopic (exact) mass is 322 g/mol. The minimum Gasteiger partial charge on any atom is -0.386 e. The minimum atomic E-state index is -3.77. The smallest absolute Gasteiger partial charge is 0.191 e. The van der Waals surface area contributed by atoms with Gasteiger partial charge in [0.15, 0.2) is 14.5 Å². The molecule has 3 nitrogen and oxygen atoms in total. The van der Waals surface area contributed by atoms with Gasteiger partial charge in [0.2, 0.25) is 0 Å². The topological polar surface area (TPSA) is 54.4 Å². The van der Waals surface area contributed by atoms with Crippen LogP contribution in [0.15, 0.2) is 66.1 Å². The van der Waals surface area contributed by atoms with Crippen LogP contribution in [-0.4, -0.2) is 18.2 Å². The van der Waals surface area contributed by atoms with Crippen molar-refractivity contribution in [3.05, 3.63) is 77.2 Å². The molecule has 0 aliphatic carbocycles. The van der Waals surface area contributed by atoms with Crippen molar-refractivity contribution in [3.8, 4) is 0 Å². The number of halogens is 1. The summed E-state index contributed by atoms with van der Waals surface area (Å²) in [5.74, 6) is 0. The Morgan fingerprint density at radius 2 is 1.48 bits per heavy atom. The molecule has 0 aliphatic rings. The van der Waals surface area contributed by atoms with E-state index in [1.165, 1.54) is 6.08 Å². The van der Waals surface area contributed by atoms with Gasteiger partial charge in [0.05, 0.1) is 0 Å². The average molecular weight is 323 g/mol. The molecule has 5 heteroatoms. The van der Waals surface area contributed by atoms with E-state index in [4.69, 9.17) is 11.6 Å². The van der Waals surface area contributed by atoms with E-state index in [2.05, 4.69) is 0 Å². The highest BCUT2D eigenvalue weighted by molar-refractivity contribution is 7.96. The van der Waals surface area contributed by atoms with Crippen molar-refractivity contribution in [2.24, 2.45) is 0 Å². The Balaban J connectivity index is 2.17. The number of aliphatic hydroxyl groups excluding tert-OH is 1. The third kappa shape index (κ3) is 4.17. The van der Waals surface area contributed by atoms with Crippen molar-refractivity contribution in [1.82, 2.24) is 0 Å². The number of sulfone groups is 1. The summed E-state index contributed by atoms with van der Waals surface area (Å²) in [5, 5.41) is 11.1. The number of hydrogen-bond donors (Lipinski definition) is 1. The maximum Gasteiger partial charge on any atom is 0.191 e. The predicted molar refractivity (Wildman–Crippen MR) is 85.4 cm³/mol. The number of rotatable bonds is 5. The van der Waals surface area contributed by atoms with Crippen LogP contribution in [0.3, 0.4) is 0 Å². The predicted octanol–water partition coefficient (Wildman–Crippen LogP) is 3.37. The first kappa shape index (κ1) is 15.8. The van der Waals surface area contributed by atoms with Crippen LogP contribution in [0.2, 0.25) is 0 Å². The van der Waals surface area contributed by atoms with Gasteiger partial charge in [0, 0.05) is 5.41 Å². The van der Waals surface area contributed by atoms with E-state index in [0.29, 0.717) is 5.56 Å². The summed E-state index contributed by atoms with van der Waals surface area (Å²) in [4.78, 5) is 0. The largest absolute Gasteiger partial charge is 0.386 e. The van der Waals surface area contributed by atoms with Gasteiger partial charge in [-0.05, 0) is 17.2 Å². The Morgan fingerprint density at radius 3 is 2.05 bits per heavy atom. The molecule has 0 amide bonds. The third-order valence-corrected chi connectivity index (χ3v) is 5.34. The molecule has 0 spiro atoms. The van der Waals surface area contributed by atoms with E-state index < -0.39 is 20.7 Å². The lowest BCUT2D eigenvalue weighted by atomic mass is 10.1. The lowest BCUT2D eigenvalue weighted by Crippen LogP contribution is -2.21. The van der Waals surface area contributed by atoms with Gasteiger partial charge < -0.3 is 5.11 Å². The fraction of sp³-hybridized carbons (Fsp3) is 0.125. The van der Waals surface area contributed by atoms with E-state index in [1.807, 2.05) is 18.2 Å². The van der Waals surface area contributed by atoms with Crippen molar-refractivity contribution in [1.29, 1.82) is 0 Å². The quantitative estimate of drug-likeness (QED) is 0.859. The molecule has 0 radical (unpaired) electrons. The zero-order chi connectivity index (χ0) is 15.3.